The van der Waals surface area contributed by atoms with Crippen molar-refractivity contribution in [3.8, 4) is 0 Å². The molecule has 4 rings (SSSR count). The van der Waals surface area contributed by atoms with Crippen LogP contribution in [0.5, 0.6) is 0 Å². The van der Waals surface area contributed by atoms with Gasteiger partial charge in [0.2, 0.25) is 5.91 Å². The van der Waals surface area contributed by atoms with Crippen LogP contribution in [-0.4, -0.2) is 18.3 Å². The van der Waals surface area contributed by atoms with Crippen LogP contribution in [0.15, 0.2) is 83.9 Å². The molecule has 1 amide bonds. The fraction of sp³-hybridized carbons (Fsp3) is 0.231. The minimum atomic E-state index is -0.478. The van der Waals surface area contributed by atoms with Gasteiger partial charge in [-0.15, -0.1) is 0 Å². The van der Waals surface area contributed by atoms with E-state index in [2.05, 4.69) is 48.3 Å². The highest BCUT2D eigenvalue weighted by Gasteiger charge is 2.36. The summed E-state index contributed by atoms with van der Waals surface area (Å²) in [5, 5.41) is 3.14. The van der Waals surface area contributed by atoms with E-state index in [1.54, 1.807) is 0 Å². The predicted molar refractivity (Wildman–Crippen MR) is 123 cm³/mol. The number of benzene rings is 3. The van der Waals surface area contributed by atoms with Crippen LogP contribution in [0.3, 0.4) is 0 Å². The number of hydrogen-bond acceptors (Lipinski definition) is 3. The molecular formula is C26H27N3O. The normalized spacial score (nSPS) is 15.3. The van der Waals surface area contributed by atoms with Crippen molar-refractivity contribution in [3.05, 3.63) is 95.6 Å². The Labute approximate surface area is 178 Å². The summed E-state index contributed by atoms with van der Waals surface area (Å²) in [4.78, 5) is 20.5. The fourth-order valence-corrected chi connectivity index (χ4v) is 3.76. The number of para-hydroxylation sites is 1. The third-order valence-corrected chi connectivity index (χ3v) is 5.37. The lowest BCUT2D eigenvalue weighted by Gasteiger charge is -2.37. The SMILES string of the molecule is CCCCNC(=O)C1c2ccccc2N=C(c2ccccc2)N1c1ccc(C)cc1. The lowest BCUT2D eigenvalue weighted by atomic mass is 9.97. The highest BCUT2D eigenvalue weighted by atomic mass is 16.2. The standard InChI is InChI=1S/C26H27N3O/c1-3-4-18-27-26(30)24-22-12-8-9-13-23(22)28-25(20-10-6-5-7-11-20)29(24)21-16-14-19(2)15-17-21/h5-17,24H,3-4,18H2,1-2H3,(H,27,30). The van der Waals surface area contributed by atoms with Crippen LogP contribution in [0.2, 0.25) is 0 Å². The molecule has 0 aliphatic carbocycles. The van der Waals surface area contributed by atoms with E-state index in [0.717, 1.165) is 41.2 Å². The van der Waals surface area contributed by atoms with E-state index in [1.807, 2.05) is 54.6 Å². The topological polar surface area (TPSA) is 44.7 Å². The van der Waals surface area contributed by atoms with E-state index >= 15 is 0 Å². The zero-order valence-electron chi connectivity index (χ0n) is 17.5. The lowest BCUT2D eigenvalue weighted by molar-refractivity contribution is -0.122. The first-order chi connectivity index (χ1) is 14.7. The molecule has 0 spiro atoms. The second-order valence-electron chi connectivity index (χ2n) is 7.61. The quantitative estimate of drug-likeness (QED) is 0.554. The number of amides is 1. The van der Waals surface area contributed by atoms with Crippen molar-refractivity contribution < 1.29 is 4.79 Å². The largest absolute Gasteiger partial charge is 0.354 e. The van der Waals surface area contributed by atoms with Gasteiger partial charge in [0.25, 0.3) is 0 Å². The van der Waals surface area contributed by atoms with Gasteiger partial charge in [-0.25, -0.2) is 4.99 Å². The van der Waals surface area contributed by atoms with Gasteiger partial charge in [0, 0.05) is 23.4 Å². The molecule has 0 saturated carbocycles. The van der Waals surface area contributed by atoms with Gasteiger partial charge in [0.05, 0.1) is 5.69 Å². The van der Waals surface area contributed by atoms with Crippen molar-refractivity contribution in [2.45, 2.75) is 32.7 Å². The minimum Gasteiger partial charge on any atom is -0.354 e. The average Bonchev–Trinajstić information content (AvgIpc) is 2.79. The Morgan fingerprint density at radius 3 is 2.40 bits per heavy atom. The van der Waals surface area contributed by atoms with Gasteiger partial charge in [-0.2, -0.15) is 0 Å². The number of amidine groups is 1. The molecule has 1 N–H and O–H groups in total. The van der Waals surface area contributed by atoms with Crippen LogP contribution < -0.4 is 10.2 Å². The zero-order valence-corrected chi connectivity index (χ0v) is 17.5. The number of anilines is 1. The monoisotopic (exact) mass is 397 g/mol. The van der Waals surface area contributed by atoms with Crippen LogP contribution in [-0.2, 0) is 4.79 Å². The first-order valence-corrected chi connectivity index (χ1v) is 10.6. The number of nitrogens with one attached hydrogen (secondary N) is 1. The number of rotatable bonds is 6. The van der Waals surface area contributed by atoms with Crippen molar-refractivity contribution in [1.29, 1.82) is 0 Å². The van der Waals surface area contributed by atoms with Gasteiger partial charge in [-0.3, -0.25) is 4.79 Å². The smallest absolute Gasteiger partial charge is 0.247 e. The number of aliphatic imine (C=N–C) groups is 1. The summed E-state index contributed by atoms with van der Waals surface area (Å²) < 4.78 is 0. The van der Waals surface area contributed by atoms with E-state index in [9.17, 15) is 4.79 Å². The number of nitrogens with zero attached hydrogens (tertiary/aromatic N) is 2. The van der Waals surface area contributed by atoms with Crippen molar-refractivity contribution in [1.82, 2.24) is 5.32 Å². The molecule has 3 aromatic rings. The molecule has 0 radical (unpaired) electrons. The molecule has 30 heavy (non-hydrogen) atoms. The Morgan fingerprint density at radius 2 is 1.67 bits per heavy atom. The van der Waals surface area contributed by atoms with Crippen LogP contribution in [0.25, 0.3) is 0 Å². The van der Waals surface area contributed by atoms with Crippen molar-refractivity contribution in [3.63, 3.8) is 0 Å². The van der Waals surface area contributed by atoms with E-state index in [-0.39, 0.29) is 5.91 Å². The zero-order chi connectivity index (χ0) is 20.9. The summed E-state index contributed by atoms with van der Waals surface area (Å²) in [6.07, 6.45) is 2.00. The van der Waals surface area contributed by atoms with E-state index < -0.39 is 6.04 Å². The van der Waals surface area contributed by atoms with Gasteiger partial charge in [0.1, 0.15) is 11.9 Å². The number of unbranched alkanes of at least 4 members (excludes halogenated alkanes) is 1. The molecule has 4 nitrogen and oxygen atoms in total. The fourth-order valence-electron chi connectivity index (χ4n) is 3.76. The molecule has 0 saturated heterocycles. The maximum absolute atomic E-state index is 13.5. The van der Waals surface area contributed by atoms with Gasteiger partial charge >= 0.3 is 0 Å². The van der Waals surface area contributed by atoms with Crippen molar-refractivity contribution >= 4 is 23.1 Å². The molecule has 152 valence electrons. The number of hydrogen-bond donors (Lipinski definition) is 1. The van der Waals surface area contributed by atoms with Gasteiger partial charge in [0.15, 0.2) is 0 Å². The first kappa shape index (κ1) is 19.9. The predicted octanol–water partition coefficient (Wildman–Crippen LogP) is 5.55. The molecular weight excluding hydrogens is 370 g/mol. The number of aryl methyl sites for hydroxylation is 1. The van der Waals surface area contributed by atoms with Crippen LogP contribution in [0, 0.1) is 6.92 Å². The third kappa shape index (κ3) is 3.99. The molecule has 0 bridgehead atoms. The summed E-state index contributed by atoms with van der Waals surface area (Å²) in [6, 6.07) is 25.8. The Kier molecular flexibility index (Phi) is 5.94. The number of carbonyl (C=O) groups is 1. The van der Waals surface area contributed by atoms with E-state index in [1.165, 1.54) is 5.56 Å². The van der Waals surface area contributed by atoms with E-state index in [4.69, 9.17) is 4.99 Å². The van der Waals surface area contributed by atoms with E-state index in [0.29, 0.717) is 6.54 Å². The minimum absolute atomic E-state index is 0.000180. The van der Waals surface area contributed by atoms with Crippen LogP contribution in [0.4, 0.5) is 11.4 Å². The molecule has 1 heterocycles. The van der Waals surface area contributed by atoms with Crippen molar-refractivity contribution in [2.75, 3.05) is 11.4 Å². The molecule has 1 aliphatic rings. The number of fused-ring (bicyclic) bond motifs is 1. The number of carbonyl (C=O) groups excluding carboxylic acids is 1. The summed E-state index contributed by atoms with van der Waals surface area (Å²) in [5.74, 6) is 0.786. The Morgan fingerprint density at radius 1 is 0.967 bits per heavy atom. The Hall–Kier alpha value is -3.40. The van der Waals surface area contributed by atoms with Gasteiger partial charge in [-0.1, -0.05) is 79.6 Å². The summed E-state index contributed by atoms with van der Waals surface area (Å²) >= 11 is 0. The summed E-state index contributed by atoms with van der Waals surface area (Å²) in [5.41, 5.74) is 4.88. The molecule has 3 aromatic carbocycles. The first-order valence-electron chi connectivity index (χ1n) is 10.6. The van der Waals surface area contributed by atoms with Crippen LogP contribution in [0.1, 0.15) is 42.5 Å². The highest BCUT2D eigenvalue weighted by Crippen LogP contribution is 2.39. The Balaban J connectivity index is 1.87. The third-order valence-electron chi connectivity index (χ3n) is 5.37. The maximum Gasteiger partial charge on any atom is 0.247 e. The maximum atomic E-state index is 13.5. The second-order valence-corrected chi connectivity index (χ2v) is 7.61. The summed E-state index contributed by atoms with van der Waals surface area (Å²) in [7, 11) is 0. The highest BCUT2D eigenvalue weighted by molar-refractivity contribution is 6.16. The second kappa shape index (κ2) is 8.95. The molecule has 4 heteroatoms. The average molecular weight is 398 g/mol. The van der Waals surface area contributed by atoms with Gasteiger partial charge in [-0.05, 0) is 31.5 Å². The summed E-state index contributed by atoms with van der Waals surface area (Å²) in [6.45, 7) is 4.87. The molecule has 0 aromatic heterocycles. The molecule has 1 atom stereocenters. The van der Waals surface area contributed by atoms with Gasteiger partial charge < -0.3 is 10.2 Å². The molecule has 0 fully saturated rings. The molecule has 1 aliphatic heterocycles. The van der Waals surface area contributed by atoms with Crippen LogP contribution >= 0.6 is 0 Å². The molecule has 1 unspecified atom stereocenters. The lowest BCUT2D eigenvalue weighted by Crippen LogP contribution is -2.46. The van der Waals surface area contributed by atoms with Crippen molar-refractivity contribution in [2.24, 2.45) is 4.99 Å². The Bertz CT molecular complexity index is 1040.